The molecule has 1 aromatic heterocycles. The van der Waals surface area contributed by atoms with Crippen molar-refractivity contribution in [3.63, 3.8) is 0 Å². The summed E-state index contributed by atoms with van der Waals surface area (Å²) in [6.07, 6.45) is 0. The molecule has 1 heterocycles. The van der Waals surface area contributed by atoms with Crippen molar-refractivity contribution in [3.8, 4) is 0 Å². The van der Waals surface area contributed by atoms with Gasteiger partial charge in [0.2, 0.25) is 0 Å². The minimum Gasteiger partial charge on any atom is -0.325 e. The van der Waals surface area contributed by atoms with E-state index < -0.39 is 0 Å². The fourth-order valence-electron chi connectivity index (χ4n) is 1.44. The highest BCUT2D eigenvalue weighted by molar-refractivity contribution is 7.18. The first-order chi connectivity index (χ1) is 7.72. The fraction of sp³-hybridized carbons (Fsp3) is 0.462. The van der Waals surface area contributed by atoms with Crippen LogP contribution in [0.1, 0.15) is 32.7 Å². The van der Waals surface area contributed by atoms with E-state index >= 15 is 0 Å². The molecule has 17 heavy (non-hydrogen) atoms. The number of fused-ring (bicyclic) bond motifs is 1. The lowest BCUT2D eigenvalue weighted by Crippen LogP contribution is -2.50. The van der Waals surface area contributed by atoms with Crippen LogP contribution in [0.3, 0.4) is 0 Å². The Morgan fingerprint density at radius 2 is 1.88 bits per heavy atom. The summed E-state index contributed by atoms with van der Waals surface area (Å²) in [5, 5.41) is 0.950. The van der Waals surface area contributed by atoms with Crippen molar-refractivity contribution < 1.29 is 4.39 Å². The Hall–Kier alpha value is -1.00. The van der Waals surface area contributed by atoms with Gasteiger partial charge in [0.1, 0.15) is 10.8 Å². The van der Waals surface area contributed by atoms with Gasteiger partial charge in [0.15, 0.2) is 0 Å². The van der Waals surface area contributed by atoms with Gasteiger partial charge in [-0.3, -0.25) is 0 Å². The molecule has 0 radical (unpaired) electrons. The van der Waals surface area contributed by atoms with Crippen LogP contribution in [-0.4, -0.2) is 10.5 Å². The maximum Gasteiger partial charge on any atom is 0.125 e. The molecule has 92 valence electrons. The van der Waals surface area contributed by atoms with Crippen LogP contribution in [0.25, 0.3) is 10.2 Å². The van der Waals surface area contributed by atoms with Gasteiger partial charge in [-0.1, -0.05) is 13.8 Å². The molecule has 0 aliphatic rings. The first-order valence-electron chi connectivity index (χ1n) is 5.57. The Balaban J connectivity index is 2.57. The second kappa shape index (κ2) is 3.75. The predicted molar refractivity (Wildman–Crippen MR) is 70.9 cm³/mol. The van der Waals surface area contributed by atoms with E-state index in [2.05, 4.69) is 18.8 Å². The highest BCUT2D eigenvalue weighted by Gasteiger charge is 2.37. The summed E-state index contributed by atoms with van der Waals surface area (Å²) in [5.41, 5.74) is 6.28. The van der Waals surface area contributed by atoms with E-state index in [9.17, 15) is 4.39 Å². The molecule has 0 bridgehead atoms. The van der Waals surface area contributed by atoms with Crippen molar-refractivity contribution in [2.75, 3.05) is 0 Å². The van der Waals surface area contributed by atoms with Gasteiger partial charge < -0.3 is 5.73 Å². The fourth-order valence-corrected chi connectivity index (χ4v) is 2.66. The lowest BCUT2D eigenvalue weighted by molar-refractivity contribution is 0.306. The van der Waals surface area contributed by atoms with E-state index in [4.69, 9.17) is 5.73 Å². The summed E-state index contributed by atoms with van der Waals surface area (Å²) in [7, 11) is 0. The maximum atomic E-state index is 13.1. The van der Waals surface area contributed by atoms with Gasteiger partial charge in [0.05, 0.1) is 10.2 Å². The SMILES string of the molecule is CC(C)(N)C(C)(C)c1nc2cc(F)ccc2s1. The zero-order valence-electron chi connectivity index (χ0n) is 10.5. The highest BCUT2D eigenvalue weighted by atomic mass is 32.1. The van der Waals surface area contributed by atoms with Gasteiger partial charge in [-0.25, -0.2) is 9.37 Å². The normalized spacial score (nSPS) is 13.3. The maximum absolute atomic E-state index is 13.1. The second-order valence-corrected chi connectivity index (χ2v) is 6.51. The monoisotopic (exact) mass is 252 g/mol. The van der Waals surface area contributed by atoms with E-state index in [0.29, 0.717) is 5.52 Å². The molecule has 1 aromatic carbocycles. The molecule has 2 aromatic rings. The highest BCUT2D eigenvalue weighted by Crippen LogP contribution is 2.37. The lowest BCUT2D eigenvalue weighted by atomic mass is 9.76. The van der Waals surface area contributed by atoms with Crippen molar-refractivity contribution >= 4 is 21.6 Å². The minimum absolute atomic E-state index is 0.243. The second-order valence-electron chi connectivity index (χ2n) is 5.48. The van der Waals surface area contributed by atoms with Crippen molar-refractivity contribution in [1.82, 2.24) is 4.98 Å². The number of nitrogens with zero attached hydrogens (tertiary/aromatic N) is 1. The molecule has 0 fully saturated rings. The molecule has 0 aliphatic carbocycles. The van der Waals surface area contributed by atoms with Gasteiger partial charge in [0, 0.05) is 17.0 Å². The molecule has 0 aliphatic heterocycles. The standard InChI is InChI=1S/C13H17FN2S/c1-12(2,13(3,4)15)11-16-9-7-8(14)5-6-10(9)17-11/h5-7H,15H2,1-4H3. The van der Waals surface area contributed by atoms with E-state index in [1.54, 1.807) is 17.4 Å². The average molecular weight is 252 g/mol. The Morgan fingerprint density at radius 1 is 1.24 bits per heavy atom. The molecule has 0 unspecified atom stereocenters. The van der Waals surface area contributed by atoms with Crippen molar-refractivity contribution in [2.24, 2.45) is 5.73 Å². The number of benzene rings is 1. The van der Waals surface area contributed by atoms with Crippen molar-refractivity contribution in [2.45, 2.75) is 38.6 Å². The summed E-state index contributed by atoms with van der Waals surface area (Å²) in [5.74, 6) is -0.251. The zero-order valence-corrected chi connectivity index (χ0v) is 11.4. The van der Waals surface area contributed by atoms with Crippen LogP contribution in [0.2, 0.25) is 0 Å². The molecule has 2 rings (SSSR count). The van der Waals surface area contributed by atoms with Crippen molar-refractivity contribution in [1.29, 1.82) is 0 Å². The van der Waals surface area contributed by atoms with Crippen LogP contribution in [-0.2, 0) is 5.41 Å². The molecular weight excluding hydrogens is 235 g/mol. The summed E-state index contributed by atoms with van der Waals surface area (Å²) >= 11 is 1.58. The largest absolute Gasteiger partial charge is 0.325 e. The Bertz CT molecular complexity index is 552. The van der Waals surface area contributed by atoms with E-state index in [1.807, 2.05) is 13.8 Å². The Labute approximate surface area is 105 Å². The zero-order chi connectivity index (χ0) is 12.8. The molecule has 4 heteroatoms. The van der Waals surface area contributed by atoms with Crippen LogP contribution in [0.5, 0.6) is 0 Å². The van der Waals surface area contributed by atoms with E-state index in [0.717, 1.165) is 9.71 Å². The average Bonchev–Trinajstić information content (AvgIpc) is 2.58. The Morgan fingerprint density at radius 3 is 2.47 bits per heavy atom. The predicted octanol–water partition coefficient (Wildman–Crippen LogP) is 3.45. The van der Waals surface area contributed by atoms with Gasteiger partial charge in [-0.2, -0.15) is 0 Å². The minimum atomic E-state index is -0.376. The smallest absolute Gasteiger partial charge is 0.125 e. The van der Waals surface area contributed by atoms with E-state index in [1.165, 1.54) is 12.1 Å². The van der Waals surface area contributed by atoms with Crippen molar-refractivity contribution in [3.05, 3.63) is 29.0 Å². The number of halogens is 1. The van der Waals surface area contributed by atoms with Crippen LogP contribution in [0, 0.1) is 5.82 Å². The summed E-state index contributed by atoms with van der Waals surface area (Å²) in [4.78, 5) is 4.51. The molecule has 0 spiro atoms. The van der Waals surface area contributed by atoms with Crippen LogP contribution >= 0.6 is 11.3 Å². The number of nitrogens with two attached hydrogens (primary N) is 1. The third-order valence-electron chi connectivity index (χ3n) is 3.50. The number of thiazole rings is 1. The number of aromatic nitrogens is 1. The first-order valence-corrected chi connectivity index (χ1v) is 6.39. The van der Waals surface area contributed by atoms with Gasteiger partial charge in [0.25, 0.3) is 0 Å². The van der Waals surface area contributed by atoms with Crippen LogP contribution < -0.4 is 5.73 Å². The Kier molecular flexibility index (Phi) is 2.75. The topological polar surface area (TPSA) is 38.9 Å². The molecule has 0 amide bonds. The number of hydrogen-bond donors (Lipinski definition) is 1. The summed E-state index contributed by atoms with van der Waals surface area (Å²) in [6.45, 7) is 8.11. The molecular formula is C13H17FN2S. The third-order valence-corrected chi connectivity index (χ3v) is 4.86. The van der Waals surface area contributed by atoms with Gasteiger partial charge in [-0.15, -0.1) is 11.3 Å². The molecule has 0 saturated heterocycles. The molecule has 0 atom stereocenters. The van der Waals surface area contributed by atoms with Gasteiger partial charge in [-0.05, 0) is 26.0 Å². The van der Waals surface area contributed by atoms with Crippen LogP contribution in [0.15, 0.2) is 18.2 Å². The van der Waals surface area contributed by atoms with Gasteiger partial charge >= 0.3 is 0 Å². The first kappa shape index (κ1) is 12.5. The molecule has 2 N–H and O–H groups in total. The number of hydrogen-bond acceptors (Lipinski definition) is 3. The van der Waals surface area contributed by atoms with E-state index in [-0.39, 0.29) is 16.8 Å². The molecule has 2 nitrogen and oxygen atoms in total. The molecule has 0 saturated carbocycles. The number of rotatable bonds is 2. The lowest BCUT2D eigenvalue weighted by Gasteiger charge is -2.36. The third kappa shape index (κ3) is 2.07. The summed E-state index contributed by atoms with van der Waals surface area (Å²) in [6, 6.07) is 4.70. The summed E-state index contributed by atoms with van der Waals surface area (Å²) < 4.78 is 14.1. The quantitative estimate of drug-likeness (QED) is 0.889. The van der Waals surface area contributed by atoms with Crippen LogP contribution in [0.4, 0.5) is 4.39 Å².